The first-order valence-electron chi connectivity index (χ1n) is 12.2. The van der Waals surface area contributed by atoms with Crippen LogP contribution in [0.2, 0.25) is 0 Å². The number of fused-ring (bicyclic) bond motifs is 1. The zero-order chi connectivity index (χ0) is 30.2. The smallest absolute Gasteiger partial charge is 0.418 e. The molecule has 0 aliphatic heterocycles. The van der Waals surface area contributed by atoms with E-state index in [1.54, 1.807) is 0 Å². The van der Waals surface area contributed by atoms with Crippen molar-refractivity contribution >= 4 is 26.9 Å². The predicted octanol–water partition coefficient (Wildman–Crippen LogP) is 4.67. The number of ether oxygens (including phenoxy) is 1. The van der Waals surface area contributed by atoms with Crippen molar-refractivity contribution < 1.29 is 30.7 Å². The summed E-state index contributed by atoms with van der Waals surface area (Å²) in [5.74, 6) is -1.11. The third-order valence-corrected chi connectivity index (χ3v) is 7.75. The SMILES string of the molecule is COc1ncc(-c2ccc3nc(N)n(-c4ccccc4C(F)(F)F)c(=O)c3c2)cc1S(=O)(=O)NCc1ccc(F)cc1. The summed E-state index contributed by atoms with van der Waals surface area (Å²) in [7, 11) is -2.95. The molecule has 0 aliphatic rings. The van der Waals surface area contributed by atoms with Crippen LogP contribution >= 0.6 is 0 Å². The van der Waals surface area contributed by atoms with Crippen molar-refractivity contribution in [1.29, 1.82) is 0 Å². The van der Waals surface area contributed by atoms with Gasteiger partial charge in [-0.3, -0.25) is 4.79 Å². The molecule has 0 bridgehead atoms. The summed E-state index contributed by atoms with van der Waals surface area (Å²) in [5.41, 5.74) is 4.73. The van der Waals surface area contributed by atoms with Crippen molar-refractivity contribution in [2.45, 2.75) is 17.6 Å². The second kappa shape index (κ2) is 10.9. The number of aromatic nitrogens is 3. The highest BCUT2D eigenvalue weighted by Gasteiger charge is 2.34. The summed E-state index contributed by atoms with van der Waals surface area (Å²) in [6.45, 7) is -0.141. The molecule has 3 aromatic carbocycles. The maximum Gasteiger partial charge on any atom is 0.418 e. The highest BCUT2D eigenvalue weighted by atomic mass is 32.2. The normalized spacial score (nSPS) is 12.0. The third kappa shape index (κ3) is 5.53. The molecule has 216 valence electrons. The molecule has 14 heteroatoms. The third-order valence-electron chi connectivity index (χ3n) is 6.36. The molecule has 3 N–H and O–H groups in total. The summed E-state index contributed by atoms with van der Waals surface area (Å²) >= 11 is 0. The van der Waals surface area contributed by atoms with Crippen molar-refractivity contribution in [3.8, 4) is 22.7 Å². The molecule has 0 saturated carbocycles. The minimum absolute atomic E-state index is 0.0617. The maximum atomic E-state index is 13.7. The van der Waals surface area contributed by atoms with Gasteiger partial charge in [0, 0.05) is 18.3 Å². The average Bonchev–Trinajstić information content (AvgIpc) is 2.96. The second-order valence-electron chi connectivity index (χ2n) is 9.04. The van der Waals surface area contributed by atoms with E-state index in [0.29, 0.717) is 15.7 Å². The number of nitrogens with zero attached hydrogens (tertiary/aromatic N) is 3. The summed E-state index contributed by atoms with van der Waals surface area (Å²) in [4.78, 5) is 21.4. The number of hydrogen-bond acceptors (Lipinski definition) is 7. The Bertz CT molecular complexity index is 1980. The van der Waals surface area contributed by atoms with Gasteiger partial charge in [-0.2, -0.15) is 13.2 Å². The lowest BCUT2D eigenvalue weighted by Crippen LogP contribution is -2.25. The monoisotopic (exact) mass is 599 g/mol. The van der Waals surface area contributed by atoms with Crippen LogP contribution in [0.15, 0.2) is 88.7 Å². The first kappa shape index (κ1) is 28.7. The van der Waals surface area contributed by atoms with Crippen LogP contribution in [0.5, 0.6) is 5.88 Å². The van der Waals surface area contributed by atoms with E-state index >= 15 is 0 Å². The number of nitrogens with two attached hydrogens (primary N) is 1. The molecule has 42 heavy (non-hydrogen) atoms. The average molecular weight is 600 g/mol. The van der Waals surface area contributed by atoms with E-state index in [0.717, 1.165) is 12.1 Å². The molecule has 5 rings (SSSR count). The number of pyridine rings is 1. The number of alkyl halides is 3. The zero-order valence-corrected chi connectivity index (χ0v) is 22.5. The van der Waals surface area contributed by atoms with Gasteiger partial charge < -0.3 is 10.5 Å². The molecule has 0 spiro atoms. The van der Waals surface area contributed by atoms with Crippen LogP contribution in [0, 0.1) is 5.82 Å². The summed E-state index contributed by atoms with van der Waals surface area (Å²) in [6, 6.07) is 15.3. The fourth-order valence-electron chi connectivity index (χ4n) is 4.32. The van der Waals surface area contributed by atoms with Crippen LogP contribution in [-0.2, 0) is 22.7 Å². The summed E-state index contributed by atoms with van der Waals surface area (Å²) in [5, 5.41) is -0.0617. The Balaban J connectivity index is 1.58. The molecular weight excluding hydrogens is 578 g/mol. The van der Waals surface area contributed by atoms with Crippen LogP contribution in [0.25, 0.3) is 27.7 Å². The fourth-order valence-corrected chi connectivity index (χ4v) is 5.48. The molecule has 5 aromatic rings. The van der Waals surface area contributed by atoms with E-state index in [1.165, 1.54) is 74.0 Å². The van der Waals surface area contributed by atoms with Gasteiger partial charge in [0.1, 0.15) is 10.7 Å². The Labute approximate surface area is 236 Å². The number of nitrogens with one attached hydrogen (secondary N) is 1. The Kier molecular flexibility index (Phi) is 7.43. The maximum absolute atomic E-state index is 13.7. The van der Waals surface area contributed by atoms with Crippen molar-refractivity contribution in [3.05, 3.63) is 106 Å². The Hall–Kier alpha value is -4.82. The molecule has 9 nitrogen and oxygen atoms in total. The number of anilines is 1. The van der Waals surface area contributed by atoms with Gasteiger partial charge in [-0.1, -0.05) is 30.3 Å². The van der Waals surface area contributed by atoms with E-state index in [2.05, 4.69) is 14.7 Å². The standard InChI is InChI=1S/C28H21F4N5O4S/c1-41-25-24(42(39,40)35-14-16-6-9-19(29)10-7-16)13-18(15-34-25)17-8-11-22-20(12-17)26(38)37(27(33)36-22)23-5-3-2-4-21(23)28(30,31)32/h2-13,15,35H,14H2,1H3,(H2,33,36). The number of para-hydroxylation sites is 1. The first-order valence-corrected chi connectivity index (χ1v) is 13.6. The lowest BCUT2D eigenvalue weighted by atomic mass is 10.1. The highest BCUT2D eigenvalue weighted by Crippen LogP contribution is 2.34. The van der Waals surface area contributed by atoms with Crippen molar-refractivity contribution in [2.24, 2.45) is 0 Å². The van der Waals surface area contributed by atoms with Gasteiger partial charge >= 0.3 is 6.18 Å². The van der Waals surface area contributed by atoms with Crippen molar-refractivity contribution in [1.82, 2.24) is 19.3 Å². The predicted molar refractivity (Wildman–Crippen MR) is 147 cm³/mol. The number of methoxy groups -OCH3 is 1. The van der Waals surface area contributed by atoms with Crippen molar-refractivity contribution in [2.75, 3.05) is 12.8 Å². The molecule has 0 unspecified atom stereocenters. The molecule has 0 aliphatic carbocycles. The van der Waals surface area contributed by atoms with Crippen LogP contribution in [0.3, 0.4) is 0 Å². The number of rotatable bonds is 7. The molecule has 0 amide bonds. The molecule has 0 atom stereocenters. The summed E-state index contributed by atoms with van der Waals surface area (Å²) in [6.07, 6.45) is -3.44. The van der Waals surface area contributed by atoms with Crippen LogP contribution in [0.4, 0.5) is 23.5 Å². The van der Waals surface area contributed by atoms with Crippen molar-refractivity contribution in [3.63, 3.8) is 0 Å². The molecule has 2 heterocycles. The minimum Gasteiger partial charge on any atom is -0.480 e. The van der Waals surface area contributed by atoms with Crippen LogP contribution in [0.1, 0.15) is 11.1 Å². The molecule has 2 aromatic heterocycles. The Morgan fingerprint density at radius 1 is 1.00 bits per heavy atom. The summed E-state index contributed by atoms with van der Waals surface area (Å²) < 4.78 is 88.9. The Morgan fingerprint density at radius 3 is 2.40 bits per heavy atom. The van der Waals surface area contributed by atoms with Gasteiger partial charge in [0.15, 0.2) is 0 Å². The van der Waals surface area contributed by atoms with Crippen LogP contribution < -0.4 is 20.8 Å². The lowest BCUT2D eigenvalue weighted by molar-refractivity contribution is -0.137. The molecule has 0 radical (unpaired) electrons. The highest BCUT2D eigenvalue weighted by molar-refractivity contribution is 7.89. The number of sulfonamides is 1. The number of nitrogen functional groups attached to an aromatic ring is 1. The topological polar surface area (TPSA) is 129 Å². The molecule has 0 saturated heterocycles. The van der Waals surface area contributed by atoms with E-state index in [4.69, 9.17) is 10.5 Å². The van der Waals surface area contributed by atoms with Gasteiger partial charge in [0.25, 0.3) is 5.56 Å². The van der Waals surface area contributed by atoms with E-state index in [1.807, 2.05) is 0 Å². The van der Waals surface area contributed by atoms with Gasteiger partial charge in [0.2, 0.25) is 21.9 Å². The quantitative estimate of drug-likeness (QED) is 0.260. The van der Waals surface area contributed by atoms with Crippen LogP contribution in [-0.4, -0.2) is 30.1 Å². The second-order valence-corrected chi connectivity index (χ2v) is 10.8. The fraction of sp³-hybridized carbons (Fsp3) is 0.107. The van der Waals surface area contributed by atoms with E-state index in [-0.39, 0.29) is 33.8 Å². The Morgan fingerprint density at radius 2 is 1.71 bits per heavy atom. The van der Waals surface area contributed by atoms with E-state index in [9.17, 15) is 30.8 Å². The number of hydrogen-bond donors (Lipinski definition) is 2. The van der Waals surface area contributed by atoms with Gasteiger partial charge in [-0.05, 0) is 53.6 Å². The van der Waals surface area contributed by atoms with Gasteiger partial charge in [-0.15, -0.1) is 0 Å². The first-order chi connectivity index (χ1) is 19.9. The minimum atomic E-state index is -4.76. The van der Waals surface area contributed by atoms with Gasteiger partial charge in [0.05, 0.1) is 29.3 Å². The number of halogens is 4. The number of benzene rings is 3. The molecular formula is C28H21F4N5O4S. The lowest BCUT2D eigenvalue weighted by Gasteiger charge is -2.16. The van der Waals surface area contributed by atoms with Gasteiger partial charge in [-0.25, -0.2) is 32.1 Å². The largest absolute Gasteiger partial charge is 0.480 e. The molecule has 0 fully saturated rings. The van der Waals surface area contributed by atoms with E-state index < -0.39 is 44.8 Å². The zero-order valence-electron chi connectivity index (χ0n) is 21.7.